The van der Waals surface area contributed by atoms with E-state index in [2.05, 4.69) is 31.2 Å². The van der Waals surface area contributed by atoms with Gasteiger partial charge < -0.3 is 4.89 Å². The Morgan fingerprint density at radius 1 is 0.724 bits per heavy atom. The topological polar surface area (TPSA) is 40.1 Å². The lowest BCUT2D eigenvalue weighted by atomic mass is 10.0. The summed E-state index contributed by atoms with van der Waals surface area (Å²) in [5.41, 5.74) is 0. The molecule has 0 aliphatic heterocycles. The lowest BCUT2D eigenvalue weighted by Crippen LogP contribution is -2.55. The molecule has 29 heavy (non-hydrogen) atoms. The number of unbranched alkanes of at least 4 members (excludes halogenated alkanes) is 10. The Morgan fingerprint density at radius 2 is 1.14 bits per heavy atom. The van der Waals surface area contributed by atoms with Crippen molar-refractivity contribution in [1.82, 2.24) is 0 Å². The molecule has 170 valence electrons. The van der Waals surface area contributed by atoms with Crippen molar-refractivity contribution in [3.05, 3.63) is 24.3 Å². The molecular formula is C25H49NO2P+. The van der Waals surface area contributed by atoms with Gasteiger partial charge >= 0.3 is 8.03 Å². The fraction of sp³-hybridized carbons (Fsp3) is 0.840. The summed E-state index contributed by atoms with van der Waals surface area (Å²) in [5.74, 6) is 0. The Balaban J connectivity index is 3.72. The maximum atomic E-state index is 11.9. The summed E-state index contributed by atoms with van der Waals surface area (Å²) in [5, 5.41) is -0.616. The van der Waals surface area contributed by atoms with Crippen LogP contribution in [0, 0.1) is 0 Å². The van der Waals surface area contributed by atoms with Gasteiger partial charge in [0, 0.05) is 12.8 Å². The summed E-state index contributed by atoms with van der Waals surface area (Å²) in [6.07, 6.45) is 26.8. The third kappa shape index (κ3) is 12.7. The summed E-state index contributed by atoms with van der Waals surface area (Å²) in [6, 6.07) is 0. The molecule has 0 aromatic heterocycles. The average Bonchev–Trinajstić information content (AvgIpc) is 2.66. The molecule has 0 amide bonds. The highest BCUT2D eigenvalue weighted by Crippen LogP contribution is 2.44. The minimum Gasteiger partial charge on any atom is -0.590 e. The van der Waals surface area contributed by atoms with Gasteiger partial charge in [-0.05, 0) is 57.8 Å². The van der Waals surface area contributed by atoms with Crippen LogP contribution >= 0.6 is 8.03 Å². The largest absolute Gasteiger partial charge is 0.590 e. The molecular weight excluding hydrogens is 377 g/mol. The zero-order valence-electron chi connectivity index (χ0n) is 20.1. The summed E-state index contributed by atoms with van der Waals surface area (Å²) in [4.78, 5) is 11.9. The first kappa shape index (κ1) is 28.5. The van der Waals surface area contributed by atoms with Crippen LogP contribution < -0.4 is 4.89 Å². The zero-order chi connectivity index (χ0) is 22.0. The van der Waals surface area contributed by atoms with Crippen LogP contribution in [0.3, 0.4) is 0 Å². The molecule has 0 aromatic carbocycles. The fourth-order valence-corrected chi connectivity index (χ4v) is 5.07. The van der Waals surface area contributed by atoms with E-state index in [1.54, 1.807) is 0 Å². The number of quaternary nitrogens is 1. The Bertz CT molecular complexity index is 468. The van der Waals surface area contributed by atoms with Crippen LogP contribution in [-0.4, -0.2) is 30.9 Å². The number of nitrogens with zero attached hydrogens (tertiary/aromatic N) is 1. The monoisotopic (exact) mass is 426 g/mol. The fourth-order valence-electron chi connectivity index (χ4n) is 3.98. The molecule has 0 bridgehead atoms. The standard InChI is InChI=1S/C25H49NO2P/c1-6-8-9-10-11-12-13-14-15-16-17-18-19-20-21-22-23-24-25(7-2,29(27)28)26(3,4)5/h12-13,18-19H,6-11,14-17,20-24H2,1-5H3/q+1. The molecule has 0 aliphatic rings. The van der Waals surface area contributed by atoms with E-state index >= 15 is 0 Å². The second-order valence-electron chi connectivity index (χ2n) is 9.28. The van der Waals surface area contributed by atoms with E-state index in [0.717, 1.165) is 32.1 Å². The van der Waals surface area contributed by atoms with Crippen molar-refractivity contribution in [2.75, 3.05) is 21.1 Å². The second kappa shape index (κ2) is 17.2. The van der Waals surface area contributed by atoms with Crippen molar-refractivity contribution in [1.29, 1.82) is 0 Å². The number of hydrogen-bond acceptors (Lipinski definition) is 2. The summed E-state index contributed by atoms with van der Waals surface area (Å²) in [7, 11) is 3.57. The number of allylic oxidation sites excluding steroid dienone is 4. The van der Waals surface area contributed by atoms with E-state index in [1.165, 1.54) is 57.8 Å². The molecule has 0 heterocycles. The van der Waals surface area contributed by atoms with Gasteiger partial charge in [-0.2, -0.15) is 0 Å². The van der Waals surface area contributed by atoms with Gasteiger partial charge in [0.05, 0.1) is 21.1 Å². The molecule has 0 N–H and O–H groups in total. The molecule has 4 heteroatoms. The van der Waals surface area contributed by atoms with Crippen LogP contribution in [0.25, 0.3) is 0 Å². The average molecular weight is 427 g/mol. The van der Waals surface area contributed by atoms with Crippen LogP contribution in [0.5, 0.6) is 0 Å². The number of hydrogen-bond donors (Lipinski definition) is 0. The normalized spacial score (nSPS) is 15.3. The van der Waals surface area contributed by atoms with Crippen LogP contribution in [0.1, 0.15) is 110 Å². The molecule has 0 fully saturated rings. The third-order valence-electron chi connectivity index (χ3n) is 6.15. The Labute approximate surface area is 183 Å². The third-order valence-corrected chi connectivity index (χ3v) is 7.97. The molecule has 3 nitrogen and oxygen atoms in total. The van der Waals surface area contributed by atoms with Gasteiger partial charge in [-0.25, -0.2) is 0 Å². The van der Waals surface area contributed by atoms with Crippen LogP contribution in [0.15, 0.2) is 24.3 Å². The minimum atomic E-state index is -2.43. The van der Waals surface area contributed by atoms with E-state index < -0.39 is 13.3 Å². The highest BCUT2D eigenvalue weighted by atomic mass is 31.1. The first-order valence-corrected chi connectivity index (χ1v) is 13.3. The molecule has 2 unspecified atom stereocenters. The highest BCUT2D eigenvalue weighted by Gasteiger charge is 2.52. The quantitative estimate of drug-likeness (QED) is 0.0928. The molecule has 0 rings (SSSR count). The lowest BCUT2D eigenvalue weighted by Gasteiger charge is -2.39. The van der Waals surface area contributed by atoms with E-state index in [1.807, 2.05) is 28.1 Å². The van der Waals surface area contributed by atoms with Gasteiger partial charge in [0.2, 0.25) is 0 Å². The van der Waals surface area contributed by atoms with Crippen LogP contribution in [-0.2, 0) is 4.57 Å². The van der Waals surface area contributed by atoms with Crippen LogP contribution in [0.2, 0.25) is 0 Å². The molecule has 0 saturated carbocycles. The van der Waals surface area contributed by atoms with Crippen molar-refractivity contribution in [3.8, 4) is 0 Å². The second-order valence-corrected chi connectivity index (χ2v) is 10.6. The maximum Gasteiger partial charge on any atom is 0.376 e. The molecule has 0 saturated heterocycles. The van der Waals surface area contributed by atoms with Crippen molar-refractivity contribution in [3.63, 3.8) is 0 Å². The van der Waals surface area contributed by atoms with E-state index in [9.17, 15) is 9.46 Å². The SMILES string of the molecule is CCCCCCC=CCCCCC=CCCCCCC(CC)([P+](=O)[O-])[N+](C)(C)C. The molecule has 0 aromatic rings. The summed E-state index contributed by atoms with van der Waals surface area (Å²) < 4.78 is 12.4. The van der Waals surface area contributed by atoms with Gasteiger partial charge in [-0.3, -0.25) is 4.48 Å². The van der Waals surface area contributed by atoms with E-state index in [-0.39, 0.29) is 0 Å². The Hall–Kier alpha value is -0.500. The van der Waals surface area contributed by atoms with Crippen molar-refractivity contribution >= 4 is 8.03 Å². The summed E-state index contributed by atoms with van der Waals surface area (Å²) >= 11 is 0. The van der Waals surface area contributed by atoms with E-state index in [0.29, 0.717) is 10.9 Å². The predicted octanol–water partition coefficient (Wildman–Crippen LogP) is 7.50. The number of rotatable bonds is 19. The van der Waals surface area contributed by atoms with Gasteiger partial charge in [-0.1, -0.05) is 68.4 Å². The van der Waals surface area contributed by atoms with Gasteiger partial charge in [0.1, 0.15) is 0 Å². The first-order valence-electron chi connectivity index (χ1n) is 12.1. The first-order chi connectivity index (χ1) is 13.8. The van der Waals surface area contributed by atoms with Crippen LogP contribution in [0.4, 0.5) is 0 Å². The van der Waals surface area contributed by atoms with Gasteiger partial charge in [-0.15, -0.1) is 0 Å². The van der Waals surface area contributed by atoms with Crippen molar-refractivity contribution in [2.45, 2.75) is 115 Å². The summed E-state index contributed by atoms with van der Waals surface area (Å²) in [6.45, 7) is 4.26. The maximum absolute atomic E-state index is 11.9. The van der Waals surface area contributed by atoms with E-state index in [4.69, 9.17) is 0 Å². The Morgan fingerprint density at radius 3 is 1.48 bits per heavy atom. The van der Waals surface area contributed by atoms with Gasteiger partial charge in [0.15, 0.2) is 0 Å². The highest BCUT2D eigenvalue weighted by molar-refractivity contribution is 7.38. The molecule has 0 aliphatic carbocycles. The van der Waals surface area contributed by atoms with Crippen molar-refractivity contribution in [2.24, 2.45) is 0 Å². The molecule has 0 spiro atoms. The molecule has 0 radical (unpaired) electrons. The zero-order valence-corrected chi connectivity index (χ0v) is 21.0. The smallest absolute Gasteiger partial charge is 0.376 e. The lowest BCUT2D eigenvalue weighted by molar-refractivity contribution is -0.910. The predicted molar refractivity (Wildman–Crippen MR) is 127 cm³/mol. The van der Waals surface area contributed by atoms with Gasteiger partial charge in [0.25, 0.3) is 5.28 Å². The minimum absolute atomic E-state index is 0.496. The Kier molecular flexibility index (Phi) is 16.9. The molecule has 2 atom stereocenters. The van der Waals surface area contributed by atoms with Crippen molar-refractivity contribution < 1.29 is 13.9 Å².